The number of likely N-dealkylation sites (tertiary alicyclic amines) is 1. The molecule has 1 aliphatic heterocycles. The predicted octanol–water partition coefficient (Wildman–Crippen LogP) is 3.97. The van der Waals surface area contributed by atoms with E-state index in [0.29, 0.717) is 12.5 Å². The van der Waals surface area contributed by atoms with E-state index in [2.05, 4.69) is 56.9 Å². The molecule has 0 bridgehead atoms. The first kappa shape index (κ1) is 25.2. The minimum absolute atomic E-state index is 0. The van der Waals surface area contributed by atoms with Crippen LogP contribution in [-0.4, -0.2) is 56.0 Å². The van der Waals surface area contributed by atoms with Gasteiger partial charge in [0.25, 0.3) is 0 Å². The second-order valence-corrected chi connectivity index (χ2v) is 7.79. The van der Waals surface area contributed by atoms with Crippen molar-refractivity contribution in [3.63, 3.8) is 0 Å². The lowest BCUT2D eigenvalue weighted by molar-refractivity contribution is -0.200. The molecule has 0 spiro atoms. The molecule has 0 aliphatic carbocycles. The van der Waals surface area contributed by atoms with Crippen molar-refractivity contribution in [2.75, 3.05) is 34.2 Å². The second-order valence-electron chi connectivity index (χ2n) is 7.79. The van der Waals surface area contributed by atoms with Crippen molar-refractivity contribution in [1.82, 2.24) is 9.80 Å². The van der Waals surface area contributed by atoms with E-state index >= 15 is 0 Å². The standard InChI is InChI=1S/C20H32N2O2.2ClH/c1-7-18(23)24-20(17-11-9-8-10-12-17)13-16(2)22(6)15-19(20,3)14-21(4)5;;/h8-12,16H,7,13-15H2,1-6H3;2*1H. The fourth-order valence-corrected chi connectivity index (χ4v) is 4.19. The number of piperidine rings is 1. The maximum Gasteiger partial charge on any atom is 0.306 e. The number of benzene rings is 1. The summed E-state index contributed by atoms with van der Waals surface area (Å²) in [5.41, 5.74) is 0.317. The van der Waals surface area contributed by atoms with E-state index in [9.17, 15) is 4.79 Å². The molecular formula is C20H34Cl2N2O2. The van der Waals surface area contributed by atoms with Crippen LogP contribution in [0.3, 0.4) is 0 Å². The molecule has 1 saturated heterocycles. The number of carbonyl (C=O) groups is 1. The van der Waals surface area contributed by atoms with Crippen LogP contribution in [0.15, 0.2) is 30.3 Å². The lowest BCUT2D eigenvalue weighted by Crippen LogP contribution is -2.63. The molecule has 6 heteroatoms. The normalized spacial score (nSPS) is 28.8. The number of rotatable bonds is 5. The van der Waals surface area contributed by atoms with E-state index < -0.39 is 5.60 Å². The highest BCUT2D eigenvalue weighted by molar-refractivity contribution is 5.85. The molecule has 4 nitrogen and oxygen atoms in total. The van der Waals surface area contributed by atoms with Crippen LogP contribution in [0, 0.1) is 5.41 Å². The lowest BCUT2D eigenvalue weighted by Gasteiger charge is -2.56. The number of ether oxygens (including phenoxy) is 1. The van der Waals surface area contributed by atoms with Crippen LogP contribution in [-0.2, 0) is 15.1 Å². The van der Waals surface area contributed by atoms with Crippen LogP contribution in [0.1, 0.15) is 39.2 Å². The van der Waals surface area contributed by atoms with Crippen LogP contribution >= 0.6 is 24.8 Å². The molecule has 3 unspecified atom stereocenters. The first-order chi connectivity index (χ1) is 11.2. The number of carbonyl (C=O) groups excluding carboxylic acids is 1. The summed E-state index contributed by atoms with van der Waals surface area (Å²) >= 11 is 0. The van der Waals surface area contributed by atoms with Crippen molar-refractivity contribution in [3.8, 4) is 0 Å². The van der Waals surface area contributed by atoms with Crippen molar-refractivity contribution >= 4 is 30.8 Å². The van der Waals surface area contributed by atoms with Gasteiger partial charge in [0.15, 0.2) is 0 Å². The SMILES string of the molecule is CCC(=O)OC1(c2ccccc2)CC(C)N(C)CC1(C)CN(C)C.Cl.Cl. The van der Waals surface area contributed by atoms with Crippen molar-refractivity contribution in [1.29, 1.82) is 0 Å². The number of halogens is 2. The predicted molar refractivity (Wildman–Crippen MR) is 112 cm³/mol. The molecule has 2 rings (SSSR count). The molecule has 3 atom stereocenters. The third kappa shape index (κ3) is 4.92. The van der Waals surface area contributed by atoms with E-state index in [1.54, 1.807) is 0 Å². The molecular weight excluding hydrogens is 371 g/mol. The Kier molecular flexibility index (Phi) is 9.62. The molecule has 1 aromatic rings. The Morgan fingerprint density at radius 1 is 1.27 bits per heavy atom. The summed E-state index contributed by atoms with van der Waals surface area (Å²) in [5, 5.41) is 0. The zero-order chi connectivity index (χ0) is 18.0. The molecule has 1 aliphatic rings. The second kappa shape index (κ2) is 9.93. The van der Waals surface area contributed by atoms with Gasteiger partial charge in [-0.1, -0.05) is 44.2 Å². The van der Waals surface area contributed by atoms with Gasteiger partial charge in [-0.25, -0.2) is 0 Å². The molecule has 1 aromatic carbocycles. The lowest BCUT2D eigenvalue weighted by atomic mass is 9.63. The summed E-state index contributed by atoms with van der Waals surface area (Å²) in [6.07, 6.45) is 1.21. The van der Waals surface area contributed by atoms with E-state index in [4.69, 9.17) is 4.74 Å². The van der Waals surface area contributed by atoms with Crippen molar-refractivity contribution in [2.24, 2.45) is 5.41 Å². The van der Waals surface area contributed by atoms with Gasteiger partial charge < -0.3 is 14.5 Å². The van der Waals surface area contributed by atoms with Gasteiger partial charge in [-0.15, -0.1) is 24.8 Å². The molecule has 0 aromatic heterocycles. The summed E-state index contributed by atoms with van der Waals surface area (Å²) < 4.78 is 6.26. The van der Waals surface area contributed by atoms with Crippen LogP contribution in [0.4, 0.5) is 0 Å². The Labute approximate surface area is 171 Å². The number of hydrogen-bond donors (Lipinski definition) is 0. The number of hydrogen-bond acceptors (Lipinski definition) is 4. The Balaban J connectivity index is 0.00000312. The topological polar surface area (TPSA) is 32.8 Å². The third-order valence-corrected chi connectivity index (χ3v) is 5.39. The van der Waals surface area contributed by atoms with E-state index in [1.165, 1.54) is 0 Å². The van der Waals surface area contributed by atoms with Gasteiger partial charge in [-0.05, 0) is 33.6 Å². The van der Waals surface area contributed by atoms with Crippen LogP contribution in [0.5, 0.6) is 0 Å². The van der Waals surface area contributed by atoms with Gasteiger partial charge in [0.05, 0.1) is 0 Å². The summed E-state index contributed by atoms with van der Waals surface area (Å²) in [6, 6.07) is 10.7. The van der Waals surface area contributed by atoms with Crippen LogP contribution < -0.4 is 0 Å². The molecule has 150 valence electrons. The van der Waals surface area contributed by atoms with E-state index in [0.717, 1.165) is 25.1 Å². The molecule has 0 radical (unpaired) electrons. The van der Waals surface area contributed by atoms with Gasteiger partial charge in [0, 0.05) is 37.4 Å². The summed E-state index contributed by atoms with van der Waals surface area (Å²) in [4.78, 5) is 16.9. The van der Waals surface area contributed by atoms with E-state index in [-0.39, 0.29) is 36.2 Å². The quantitative estimate of drug-likeness (QED) is 0.694. The number of esters is 1. The summed E-state index contributed by atoms with van der Waals surface area (Å²) in [5.74, 6) is -0.124. The molecule has 0 amide bonds. The average molecular weight is 405 g/mol. The summed E-state index contributed by atoms with van der Waals surface area (Å²) in [7, 11) is 6.33. The van der Waals surface area contributed by atoms with Gasteiger partial charge in [-0.3, -0.25) is 4.79 Å². The minimum atomic E-state index is -0.600. The highest BCUT2D eigenvalue weighted by atomic mass is 35.5. The first-order valence-corrected chi connectivity index (χ1v) is 8.86. The number of nitrogens with zero attached hydrogens (tertiary/aromatic N) is 2. The maximum atomic E-state index is 12.4. The van der Waals surface area contributed by atoms with Crippen molar-refractivity contribution in [2.45, 2.75) is 45.3 Å². The molecule has 1 heterocycles. The molecule has 26 heavy (non-hydrogen) atoms. The van der Waals surface area contributed by atoms with Crippen molar-refractivity contribution in [3.05, 3.63) is 35.9 Å². The Hall–Kier alpha value is -0.810. The van der Waals surface area contributed by atoms with Gasteiger partial charge in [0.1, 0.15) is 5.60 Å². The zero-order valence-electron chi connectivity index (χ0n) is 16.8. The highest BCUT2D eigenvalue weighted by Crippen LogP contribution is 2.51. The highest BCUT2D eigenvalue weighted by Gasteiger charge is 2.56. The third-order valence-electron chi connectivity index (χ3n) is 5.39. The monoisotopic (exact) mass is 404 g/mol. The van der Waals surface area contributed by atoms with Gasteiger partial charge in [0.2, 0.25) is 0 Å². The zero-order valence-corrected chi connectivity index (χ0v) is 18.5. The minimum Gasteiger partial charge on any atom is -0.453 e. The smallest absolute Gasteiger partial charge is 0.306 e. The molecule has 0 N–H and O–H groups in total. The van der Waals surface area contributed by atoms with Gasteiger partial charge in [-0.2, -0.15) is 0 Å². The fraction of sp³-hybridized carbons (Fsp3) is 0.650. The average Bonchev–Trinajstić information content (AvgIpc) is 2.52. The Bertz CT molecular complexity index is 570. The van der Waals surface area contributed by atoms with Gasteiger partial charge >= 0.3 is 5.97 Å². The molecule has 1 fully saturated rings. The first-order valence-electron chi connectivity index (χ1n) is 8.86. The maximum absolute atomic E-state index is 12.4. The van der Waals surface area contributed by atoms with Crippen molar-refractivity contribution < 1.29 is 9.53 Å². The Morgan fingerprint density at radius 3 is 2.35 bits per heavy atom. The van der Waals surface area contributed by atoms with E-state index in [1.807, 2.05) is 25.1 Å². The van der Waals surface area contributed by atoms with Crippen LogP contribution in [0.2, 0.25) is 0 Å². The fourth-order valence-electron chi connectivity index (χ4n) is 4.19. The Morgan fingerprint density at radius 2 is 1.85 bits per heavy atom. The molecule has 0 saturated carbocycles. The summed E-state index contributed by atoms with van der Waals surface area (Å²) in [6.45, 7) is 8.08. The largest absolute Gasteiger partial charge is 0.453 e. The van der Waals surface area contributed by atoms with Crippen LogP contribution in [0.25, 0.3) is 0 Å².